The number of ether oxygens (including phenoxy) is 1. The molecule has 0 heterocycles. The highest BCUT2D eigenvalue weighted by molar-refractivity contribution is 7.90. The maximum atomic E-state index is 12.2. The summed E-state index contributed by atoms with van der Waals surface area (Å²) in [6.45, 7) is 1.73. The Morgan fingerprint density at radius 3 is 2.35 bits per heavy atom. The quantitative estimate of drug-likeness (QED) is 0.740. The van der Waals surface area contributed by atoms with Crippen molar-refractivity contribution in [3.8, 4) is 5.75 Å². The zero-order valence-electron chi connectivity index (χ0n) is 14.3. The molecule has 1 atom stereocenters. The first-order valence-electron chi connectivity index (χ1n) is 7.88. The lowest BCUT2D eigenvalue weighted by molar-refractivity contribution is -0.123. The number of hydrogen-bond donors (Lipinski definition) is 1. The van der Waals surface area contributed by atoms with Gasteiger partial charge < -0.3 is 10.1 Å². The number of hydrogen-bond acceptors (Lipinski definition) is 4. The number of halogens is 2. The Kier molecular flexibility index (Phi) is 6.92. The summed E-state index contributed by atoms with van der Waals surface area (Å²) in [5.74, 6) is 0.0619. The molecule has 0 saturated heterocycles. The largest absolute Gasteiger partial charge is 0.482 e. The highest BCUT2D eigenvalue weighted by atomic mass is 35.5. The molecule has 1 amide bonds. The van der Waals surface area contributed by atoms with Gasteiger partial charge in [-0.05, 0) is 42.3 Å². The minimum absolute atomic E-state index is 0.195. The normalized spacial score (nSPS) is 12.5. The van der Waals surface area contributed by atoms with Crippen LogP contribution < -0.4 is 10.1 Å². The summed E-state index contributed by atoms with van der Waals surface area (Å²) in [4.78, 5) is 12.4. The molecule has 5 nitrogen and oxygen atoms in total. The van der Waals surface area contributed by atoms with Crippen LogP contribution in [-0.4, -0.2) is 27.2 Å². The predicted molar refractivity (Wildman–Crippen MR) is 103 cm³/mol. The lowest BCUT2D eigenvalue weighted by Crippen LogP contribution is -2.32. The summed E-state index contributed by atoms with van der Waals surface area (Å²) in [7, 11) is -3.25. The van der Waals surface area contributed by atoms with Gasteiger partial charge in [0.15, 0.2) is 16.4 Å². The molecule has 0 saturated carbocycles. The summed E-state index contributed by atoms with van der Waals surface area (Å²) in [5.41, 5.74) is 0.817. The van der Waals surface area contributed by atoms with Crippen LogP contribution in [0.25, 0.3) is 0 Å². The molecule has 2 aromatic carbocycles. The number of amides is 1. The molecule has 0 fully saturated rings. The molecule has 0 bridgehead atoms. The Morgan fingerprint density at radius 2 is 1.81 bits per heavy atom. The molecular weight excluding hydrogens is 397 g/mol. The monoisotopic (exact) mass is 415 g/mol. The molecule has 1 unspecified atom stereocenters. The van der Waals surface area contributed by atoms with E-state index in [1.54, 1.807) is 24.3 Å². The summed E-state index contributed by atoms with van der Waals surface area (Å²) in [5, 5.41) is 3.67. The minimum atomic E-state index is -3.25. The lowest BCUT2D eigenvalue weighted by atomic mass is 10.0. The van der Waals surface area contributed by atoms with E-state index >= 15 is 0 Å². The van der Waals surface area contributed by atoms with Crippen LogP contribution in [0.2, 0.25) is 10.0 Å². The van der Waals surface area contributed by atoms with Crippen LogP contribution in [0.15, 0.2) is 47.4 Å². The molecular formula is C18H19Cl2NO4S. The Labute approximate surface area is 163 Å². The molecule has 0 aromatic heterocycles. The maximum Gasteiger partial charge on any atom is 0.258 e. The summed E-state index contributed by atoms with van der Waals surface area (Å²) >= 11 is 11.8. The minimum Gasteiger partial charge on any atom is -0.482 e. The van der Waals surface area contributed by atoms with Gasteiger partial charge in [0.2, 0.25) is 0 Å². The van der Waals surface area contributed by atoms with Crippen LogP contribution in [0.1, 0.15) is 24.9 Å². The van der Waals surface area contributed by atoms with Gasteiger partial charge in [0.25, 0.3) is 5.91 Å². The van der Waals surface area contributed by atoms with Gasteiger partial charge in [0.05, 0.1) is 16.0 Å². The third kappa shape index (κ3) is 5.62. The highest BCUT2D eigenvalue weighted by Crippen LogP contribution is 2.27. The van der Waals surface area contributed by atoms with Crippen molar-refractivity contribution in [2.24, 2.45) is 0 Å². The number of carbonyl (C=O) groups is 1. The Hall–Kier alpha value is -1.76. The first-order chi connectivity index (χ1) is 12.2. The van der Waals surface area contributed by atoms with Gasteiger partial charge in [0.1, 0.15) is 5.75 Å². The van der Waals surface area contributed by atoms with Gasteiger partial charge in [-0.3, -0.25) is 4.79 Å². The van der Waals surface area contributed by atoms with Crippen LogP contribution in [-0.2, 0) is 14.6 Å². The number of carbonyl (C=O) groups excluding carboxylic acids is 1. The fourth-order valence-electron chi connectivity index (χ4n) is 2.34. The second-order valence-electron chi connectivity index (χ2n) is 5.73. The molecule has 0 aliphatic rings. The summed E-state index contributed by atoms with van der Waals surface area (Å²) < 4.78 is 28.5. The van der Waals surface area contributed by atoms with Gasteiger partial charge in [-0.25, -0.2) is 8.42 Å². The van der Waals surface area contributed by atoms with Crippen LogP contribution >= 0.6 is 23.2 Å². The van der Waals surface area contributed by atoms with E-state index < -0.39 is 9.84 Å². The van der Waals surface area contributed by atoms with Gasteiger partial charge in [-0.15, -0.1) is 0 Å². The van der Waals surface area contributed by atoms with Crippen LogP contribution in [0.4, 0.5) is 0 Å². The topological polar surface area (TPSA) is 72.5 Å². The molecule has 0 aliphatic carbocycles. The van der Waals surface area contributed by atoms with Crippen LogP contribution in [0.5, 0.6) is 5.75 Å². The van der Waals surface area contributed by atoms with Crippen LogP contribution in [0.3, 0.4) is 0 Å². The van der Waals surface area contributed by atoms with Crippen molar-refractivity contribution in [1.29, 1.82) is 0 Å². The van der Waals surface area contributed by atoms with Crippen molar-refractivity contribution in [2.45, 2.75) is 24.3 Å². The third-order valence-corrected chi connectivity index (χ3v) is 5.37. The van der Waals surface area contributed by atoms with E-state index in [4.69, 9.17) is 27.9 Å². The number of nitrogens with one attached hydrogen (secondary N) is 1. The zero-order chi connectivity index (χ0) is 19.3. The Balaban J connectivity index is 1.99. The lowest BCUT2D eigenvalue weighted by Gasteiger charge is -2.18. The van der Waals surface area contributed by atoms with E-state index in [2.05, 4.69) is 5.32 Å². The fourth-order valence-corrected chi connectivity index (χ4v) is 3.43. The Morgan fingerprint density at radius 1 is 1.15 bits per heavy atom. The molecule has 0 aliphatic heterocycles. The molecule has 26 heavy (non-hydrogen) atoms. The third-order valence-electron chi connectivity index (χ3n) is 3.71. The van der Waals surface area contributed by atoms with Gasteiger partial charge in [-0.1, -0.05) is 42.3 Å². The van der Waals surface area contributed by atoms with Crippen molar-refractivity contribution in [1.82, 2.24) is 5.32 Å². The van der Waals surface area contributed by atoms with Crippen molar-refractivity contribution in [2.75, 3.05) is 12.9 Å². The van der Waals surface area contributed by atoms with E-state index in [0.717, 1.165) is 11.8 Å². The van der Waals surface area contributed by atoms with E-state index in [1.807, 2.05) is 6.92 Å². The first-order valence-corrected chi connectivity index (χ1v) is 10.5. The predicted octanol–water partition coefficient (Wildman–Crippen LogP) is 4.04. The molecule has 140 valence electrons. The maximum absolute atomic E-state index is 12.2. The first kappa shape index (κ1) is 20.6. The molecule has 0 radical (unpaired) electrons. The average Bonchev–Trinajstić information content (AvgIpc) is 2.58. The van der Waals surface area contributed by atoms with Crippen LogP contribution in [0, 0.1) is 0 Å². The molecule has 8 heteroatoms. The van der Waals surface area contributed by atoms with E-state index in [-0.39, 0.29) is 23.5 Å². The fraction of sp³-hybridized carbons (Fsp3) is 0.278. The van der Waals surface area contributed by atoms with Gasteiger partial charge in [-0.2, -0.15) is 0 Å². The molecule has 2 rings (SSSR count). The molecule has 2 aromatic rings. The van der Waals surface area contributed by atoms with E-state index in [0.29, 0.717) is 22.2 Å². The smallest absolute Gasteiger partial charge is 0.258 e. The van der Waals surface area contributed by atoms with Crippen molar-refractivity contribution in [3.63, 3.8) is 0 Å². The van der Waals surface area contributed by atoms with Crippen molar-refractivity contribution >= 4 is 38.9 Å². The summed E-state index contributed by atoms with van der Waals surface area (Å²) in [6.07, 6.45) is 1.80. The van der Waals surface area contributed by atoms with E-state index in [9.17, 15) is 13.2 Å². The van der Waals surface area contributed by atoms with E-state index in [1.165, 1.54) is 18.2 Å². The number of sulfone groups is 1. The second kappa shape index (κ2) is 8.75. The molecule has 0 spiro atoms. The second-order valence-corrected chi connectivity index (χ2v) is 8.59. The van der Waals surface area contributed by atoms with Gasteiger partial charge >= 0.3 is 0 Å². The Bertz CT molecular complexity index is 883. The highest BCUT2D eigenvalue weighted by Gasteiger charge is 2.15. The summed E-state index contributed by atoms with van der Waals surface area (Å²) in [6, 6.07) is 11.0. The van der Waals surface area contributed by atoms with Gasteiger partial charge in [0, 0.05) is 11.3 Å². The van der Waals surface area contributed by atoms with Crippen molar-refractivity contribution < 1.29 is 17.9 Å². The number of rotatable bonds is 7. The zero-order valence-corrected chi connectivity index (χ0v) is 16.7. The average molecular weight is 416 g/mol. The molecule has 1 N–H and O–H groups in total. The SMILES string of the molecule is CCC(NC(=O)COc1ccc(Cl)cc1Cl)c1ccc(S(C)(=O)=O)cc1. The standard InChI is InChI=1S/C18H19Cl2NO4S/c1-3-16(12-4-7-14(8-5-12)26(2,23)24)21-18(22)11-25-17-9-6-13(19)10-15(17)20/h4-10,16H,3,11H2,1-2H3,(H,21,22). The van der Waals surface area contributed by atoms with Crippen molar-refractivity contribution in [3.05, 3.63) is 58.1 Å². The number of benzene rings is 2.